The van der Waals surface area contributed by atoms with E-state index in [1.807, 2.05) is 53.3 Å². The predicted molar refractivity (Wildman–Crippen MR) is 112 cm³/mol. The van der Waals surface area contributed by atoms with Gasteiger partial charge in [0.15, 0.2) is 5.16 Å². The molecule has 0 aliphatic heterocycles. The lowest BCUT2D eigenvalue weighted by molar-refractivity contribution is 0.102. The van der Waals surface area contributed by atoms with Gasteiger partial charge >= 0.3 is 0 Å². The standard InChI is InChI=1S/C21H24N4OS/c1-24(2)14-13-16-9-11-17(12-10-16)23-20(26)19-15-22-21(27-3)25(19)18-7-5-4-6-8-18/h4-12,15H,13-14H2,1-3H3,(H,23,26). The summed E-state index contributed by atoms with van der Waals surface area (Å²) in [6, 6.07) is 17.8. The fourth-order valence-electron chi connectivity index (χ4n) is 2.77. The van der Waals surface area contributed by atoms with Gasteiger partial charge in [-0.2, -0.15) is 0 Å². The average Bonchev–Trinajstić information content (AvgIpc) is 3.12. The van der Waals surface area contributed by atoms with Crippen molar-refractivity contribution < 1.29 is 4.79 Å². The van der Waals surface area contributed by atoms with Gasteiger partial charge in [0.2, 0.25) is 0 Å². The second-order valence-corrected chi connectivity index (χ2v) is 7.28. The number of carbonyl (C=O) groups is 1. The van der Waals surface area contributed by atoms with Crippen LogP contribution >= 0.6 is 11.8 Å². The molecule has 0 radical (unpaired) electrons. The molecule has 6 heteroatoms. The number of nitrogens with one attached hydrogen (secondary N) is 1. The number of para-hydroxylation sites is 1. The first-order chi connectivity index (χ1) is 13.1. The van der Waals surface area contributed by atoms with Crippen molar-refractivity contribution in [1.29, 1.82) is 0 Å². The number of hydrogen-bond donors (Lipinski definition) is 1. The van der Waals surface area contributed by atoms with Gasteiger partial charge in [-0.3, -0.25) is 9.36 Å². The number of nitrogens with zero attached hydrogens (tertiary/aromatic N) is 3. The summed E-state index contributed by atoms with van der Waals surface area (Å²) in [4.78, 5) is 19.4. The monoisotopic (exact) mass is 380 g/mol. The number of rotatable bonds is 7. The highest BCUT2D eigenvalue weighted by Crippen LogP contribution is 2.22. The number of imidazole rings is 1. The first kappa shape index (κ1) is 19.2. The normalized spacial score (nSPS) is 11.0. The van der Waals surface area contributed by atoms with E-state index in [4.69, 9.17) is 0 Å². The zero-order valence-electron chi connectivity index (χ0n) is 15.8. The largest absolute Gasteiger partial charge is 0.321 e. The van der Waals surface area contributed by atoms with Crippen LogP contribution in [-0.4, -0.2) is 47.3 Å². The fraction of sp³-hybridized carbons (Fsp3) is 0.238. The Kier molecular flexibility index (Phi) is 6.32. The molecule has 1 aromatic heterocycles. The van der Waals surface area contributed by atoms with E-state index >= 15 is 0 Å². The van der Waals surface area contributed by atoms with Gasteiger partial charge in [-0.1, -0.05) is 42.1 Å². The molecule has 2 aromatic carbocycles. The van der Waals surface area contributed by atoms with Crippen LogP contribution in [-0.2, 0) is 6.42 Å². The first-order valence-electron chi connectivity index (χ1n) is 8.80. The highest BCUT2D eigenvalue weighted by molar-refractivity contribution is 7.98. The Morgan fingerprint density at radius 2 is 1.81 bits per heavy atom. The van der Waals surface area contributed by atoms with Gasteiger partial charge in [-0.05, 0) is 56.6 Å². The second-order valence-electron chi connectivity index (χ2n) is 6.51. The SMILES string of the molecule is CSc1ncc(C(=O)Nc2ccc(CCN(C)C)cc2)n1-c1ccccc1. The van der Waals surface area contributed by atoms with Gasteiger partial charge in [-0.25, -0.2) is 4.98 Å². The maximum Gasteiger partial charge on any atom is 0.274 e. The summed E-state index contributed by atoms with van der Waals surface area (Å²) in [5, 5.41) is 3.76. The maximum absolute atomic E-state index is 12.8. The number of hydrogen-bond acceptors (Lipinski definition) is 4. The van der Waals surface area contributed by atoms with E-state index in [1.54, 1.807) is 6.20 Å². The van der Waals surface area contributed by atoms with E-state index in [9.17, 15) is 4.79 Å². The van der Waals surface area contributed by atoms with Crippen molar-refractivity contribution in [1.82, 2.24) is 14.5 Å². The Balaban J connectivity index is 1.78. The molecule has 0 aliphatic carbocycles. The van der Waals surface area contributed by atoms with Crippen LogP contribution in [0.4, 0.5) is 5.69 Å². The highest BCUT2D eigenvalue weighted by atomic mass is 32.2. The van der Waals surface area contributed by atoms with Crippen molar-refractivity contribution in [2.24, 2.45) is 0 Å². The minimum Gasteiger partial charge on any atom is -0.321 e. The minimum absolute atomic E-state index is 0.173. The molecule has 0 spiro atoms. The maximum atomic E-state index is 12.8. The number of benzene rings is 2. The number of thioether (sulfide) groups is 1. The van der Waals surface area contributed by atoms with E-state index in [1.165, 1.54) is 17.3 Å². The molecule has 3 rings (SSSR count). The molecule has 0 fully saturated rings. The molecule has 0 unspecified atom stereocenters. The molecule has 0 bridgehead atoms. The number of aromatic nitrogens is 2. The fourth-order valence-corrected chi connectivity index (χ4v) is 3.31. The lowest BCUT2D eigenvalue weighted by Crippen LogP contribution is -2.17. The quantitative estimate of drug-likeness (QED) is 0.631. The summed E-state index contributed by atoms with van der Waals surface area (Å²) in [5.74, 6) is -0.173. The van der Waals surface area contributed by atoms with Crippen LogP contribution in [0.1, 0.15) is 16.1 Å². The number of carbonyl (C=O) groups excluding carboxylic acids is 1. The van der Waals surface area contributed by atoms with Crippen molar-refractivity contribution in [3.63, 3.8) is 0 Å². The average molecular weight is 381 g/mol. The Morgan fingerprint density at radius 1 is 1.11 bits per heavy atom. The molecule has 27 heavy (non-hydrogen) atoms. The van der Waals surface area contributed by atoms with Gasteiger partial charge in [0.25, 0.3) is 5.91 Å². The summed E-state index contributed by atoms with van der Waals surface area (Å²) < 4.78 is 1.88. The van der Waals surface area contributed by atoms with Crippen LogP contribution in [0.25, 0.3) is 5.69 Å². The molecule has 1 amide bonds. The van der Waals surface area contributed by atoms with E-state index in [0.29, 0.717) is 5.69 Å². The first-order valence-corrected chi connectivity index (χ1v) is 10.0. The Labute approximate surface area is 164 Å². The molecule has 0 aliphatic rings. The molecule has 1 heterocycles. The summed E-state index contributed by atoms with van der Waals surface area (Å²) in [6.45, 7) is 0.999. The Bertz CT molecular complexity index is 888. The summed E-state index contributed by atoms with van der Waals surface area (Å²) in [5.41, 5.74) is 3.46. The number of anilines is 1. The van der Waals surface area contributed by atoms with Crippen molar-refractivity contribution in [3.8, 4) is 5.69 Å². The van der Waals surface area contributed by atoms with Crippen molar-refractivity contribution in [2.75, 3.05) is 32.2 Å². The molecular formula is C21H24N4OS. The van der Waals surface area contributed by atoms with E-state index in [-0.39, 0.29) is 5.91 Å². The van der Waals surface area contributed by atoms with Crippen molar-refractivity contribution in [3.05, 3.63) is 72.1 Å². The third-order valence-corrected chi connectivity index (χ3v) is 4.87. The molecular weight excluding hydrogens is 356 g/mol. The van der Waals surface area contributed by atoms with Gasteiger partial charge < -0.3 is 10.2 Å². The molecule has 5 nitrogen and oxygen atoms in total. The van der Waals surface area contributed by atoms with E-state index in [2.05, 4.69) is 41.4 Å². The number of likely N-dealkylation sites (N-methyl/N-ethyl adjacent to an activating group) is 1. The van der Waals surface area contributed by atoms with E-state index < -0.39 is 0 Å². The highest BCUT2D eigenvalue weighted by Gasteiger charge is 2.17. The molecule has 0 atom stereocenters. The molecule has 140 valence electrons. The topological polar surface area (TPSA) is 50.2 Å². The lowest BCUT2D eigenvalue weighted by atomic mass is 10.1. The third kappa shape index (κ3) is 4.78. The Morgan fingerprint density at radius 3 is 2.44 bits per heavy atom. The summed E-state index contributed by atoms with van der Waals surface area (Å²) >= 11 is 1.51. The van der Waals surface area contributed by atoms with Gasteiger partial charge in [0.1, 0.15) is 5.69 Å². The predicted octanol–water partition coefficient (Wildman–Crippen LogP) is 3.95. The minimum atomic E-state index is -0.173. The van der Waals surface area contributed by atoms with Crippen molar-refractivity contribution in [2.45, 2.75) is 11.6 Å². The van der Waals surface area contributed by atoms with Gasteiger partial charge in [-0.15, -0.1) is 0 Å². The van der Waals surface area contributed by atoms with Gasteiger partial charge in [0, 0.05) is 17.9 Å². The Hall–Kier alpha value is -2.57. The van der Waals surface area contributed by atoms with Crippen LogP contribution in [0.5, 0.6) is 0 Å². The summed E-state index contributed by atoms with van der Waals surface area (Å²) in [7, 11) is 4.13. The summed E-state index contributed by atoms with van der Waals surface area (Å²) in [6.07, 6.45) is 4.56. The van der Waals surface area contributed by atoms with Crippen LogP contribution in [0.3, 0.4) is 0 Å². The third-order valence-electron chi connectivity index (χ3n) is 4.22. The van der Waals surface area contributed by atoms with Crippen LogP contribution < -0.4 is 5.32 Å². The van der Waals surface area contributed by atoms with Crippen LogP contribution in [0.15, 0.2) is 66.0 Å². The van der Waals surface area contributed by atoms with Crippen LogP contribution in [0, 0.1) is 0 Å². The van der Waals surface area contributed by atoms with Gasteiger partial charge in [0.05, 0.1) is 6.20 Å². The molecule has 1 N–H and O–H groups in total. The van der Waals surface area contributed by atoms with E-state index in [0.717, 1.165) is 29.5 Å². The van der Waals surface area contributed by atoms with Crippen LogP contribution in [0.2, 0.25) is 0 Å². The zero-order chi connectivity index (χ0) is 19.2. The smallest absolute Gasteiger partial charge is 0.274 e. The molecule has 0 saturated heterocycles. The molecule has 3 aromatic rings. The molecule has 0 saturated carbocycles. The number of amides is 1. The lowest BCUT2D eigenvalue weighted by Gasteiger charge is -2.12. The van der Waals surface area contributed by atoms with Crippen molar-refractivity contribution >= 4 is 23.4 Å². The zero-order valence-corrected chi connectivity index (χ0v) is 16.7. The second kappa shape index (κ2) is 8.88.